The lowest BCUT2D eigenvalue weighted by atomic mass is 10.1. The van der Waals surface area contributed by atoms with Crippen molar-refractivity contribution in [1.82, 2.24) is 0 Å². The Morgan fingerprint density at radius 1 is 0.867 bits per heavy atom. The molecule has 0 bridgehead atoms. The summed E-state index contributed by atoms with van der Waals surface area (Å²) in [4.78, 5) is 15.1. The summed E-state index contributed by atoms with van der Waals surface area (Å²) in [6.07, 6.45) is 0. The fraction of sp³-hybridized carbons (Fsp3) is 0.125. The molecule has 4 aromatic rings. The molecule has 0 aliphatic heterocycles. The number of fused-ring (bicyclic) bond motifs is 1. The Labute approximate surface area is 183 Å². The number of carbonyl (C=O) groups excluding carboxylic acids is 1. The maximum Gasteiger partial charge on any atom is 0.159 e. The van der Waals surface area contributed by atoms with Crippen molar-refractivity contribution in [1.29, 1.82) is 0 Å². The predicted molar refractivity (Wildman–Crippen MR) is 125 cm³/mol. The van der Waals surface area contributed by atoms with Gasteiger partial charge in [-0.05, 0) is 67.1 Å². The number of rotatable bonds is 6. The number of Topliss-reactive ketones (excluding diaryl/α,β-unsaturated/α-hetero) is 1. The number of benzene rings is 3. The molecule has 4 rings (SSSR count). The van der Waals surface area contributed by atoms with E-state index in [0.29, 0.717) is 0 Å². The van der Waals surface area contributed by atoms with Crippen molar-refractivity contribution >= 4 is 39.0 Å². The Kier molecular flexibility index (Phi) is 6.82. The summed E-state index contributed by atoms with van der Waals surface area (Å²) >= 11 is 3.47. The molecular formula is C24H22O4S2. The van der Waals surface area contributed by atoms with E-state index in [9.17, 15) is 4.79 Å². The predicted octanol–water partition coefficient (Wildman–Crippen LogP) is 6.11. The number of carbonyl (C=O) groups is 1. The van der Waals surface area contributed by atoms with Crippen LogP contribution in [0.25, 0.3) is 20.5 Å². The Morgan fingerprint density at radius 3 is 2.10 bits per heavy atom. The zero-order valence-electron chi connectivity index (χ0n) is 16.9. The van der Waals surface area contributed by atoms with E-state index in [2.05, 4.69) is 24.3 Å². The van der Waals surface area contributed by atoms with Crippen molar-refractivity contribution in [3.8, 4) is 21.9 Å². The minimum atomic E-state index is 0. The van der Waals surface area contributed by atoms with Crippen LogP contribution in [0.4, 0.5) is 0 Å². The highest BCUT2D eigenvalue weighted by Gasteiger charge is 2.16. The van der Waals surface area contributed by atoms with Gasteiger partial charge in [-0.25, -0.2) is 0 Å². The summed E-state index contributed by atoms with van der Waals surface area (Å²) < 4.78 is 11.9. The van der Waals surface area contributed by atoms with E-state index < -0.39 is 0 Å². The van der Waals surface area contributed by atoms with Gasteiger partial charge in [-0.3, -0.25) is 4.79 Å². The topological polar surface area (TPSA) is 67.0 Å². The second-order valence-corrected chi connectivity index (χ2v) is 8.67. The van der Waals surface area contributed by atoms with Crippen LogP contribution in [0.3, 0.4) is 0 Å². The second kappa shape index (κ2) is 9.34. The molecule has 30 heavy (non-hydrogen) atoms. The van der Waals surface area contributed by atoms with E-state index in [-0.39, 0.29) is 11.3 Å². The SMILES string of the molecule is COc1ccc(-c2sc3cc(OC)ccc3c2Sc2ccc(C(C)=O)cc2)cc1.O. The summed E-state index contributed by atoms with van der Waals surface area (Å²) in [5.74, 6) is 1.77. The van der Waals surface area contributed by atoms with Crippen molar-refractivity contribution in [2.45, 2.75) is 16.7 Å². The van der Waals surface area contributed by atoms with Crippen molar-refractivity contribution in [2.24, 2.45) is 0 Å². The van der Waals surface area contributed by atoms with Crippen LogP contribution in [-0.4, -0.2) is 25.5 Å². The number of methoxy groups -OCH3 is 2. The minimum absolute atomic E-state index is 0. The normalized spacial score (nSPS) is 10.5. The first-order valence-electron chi connectivity index (χ1n) is 9.13. The van der Waals surface area contributed by atoms with Gasteiger partial charge in [0.25, 0.3) is 0 Å². The molecule has 0 unspecified atom stereocenters. The van der Waals surface area contributed by atoms with Crippen molar-refractivity contribution < 1.29 is 19.7 Å². The van der Waals surface area contributed by atoms with Gasteiger partial charge in [-0.1, -0.05) is 23.9 Å². The van der Waals surface area contributed by atoms with E-state index in [1.807, 2.05) is 42.5 Å². The number of hydrogen-bond acceptors (Lipinski definition) is 5. The van der Waals surface area contributed by atoms with Gasteiger partial charge in [0.05, 0.1) is 14.2 Å². The van der Waals surface area contributed by atoms with E-state index in [1.54, 1.807) is 44.2 Å². The molecule has 1 aromatic heterocycles. The molecule has 4 nitrogen and oxygen atoms in total. The number of thiophene rings is 1. The van der Waals surface area contributed by atoms with E-state index in [4.69, 9.17) is 9.47 Å². The lowest BCUT2D eigenvalue weighted by molar-refractivity contribution is 0.101. The monoisotopic (exact) mass is 438 g/mol. The van der Waals surface area contributed by atoms with Gasteiger partial charge >= 0.3 is 0 Å². The first kappa shape index (κ1) is 21.9. The third kappa shape index (κ3) is 4.36. The molecule has 0 spiro atoms. The van der Waals surface area contributed by atoms with E-state index in [1.165, 1.54) is 19.9 Å². The molecule has 0 aliphatic rings. The quantitative estimate of drug-likeness (QED) is 0.340. The molecule has 0 saturated carbocycles. The Bertz CT molecular complexity index is 1160. The van der Waals surface area contributed by atoms with Gasteiger partial charge < -0.3 is 14.9 Å². The number of hydrogen-bond donors (Lipinski definition) is 0. The standard InChI is InChI=1S/C24H20O3S2.H2O/c1-15(25)16-6-11-20(12-7-16)28-24-21-13-10-19(27-3)14-22(21)29-23(24)17-4-8-18(26-2)9-5-17;/h4-14H,1-3H3;1H2. The number of ketones is 1. The summed E-state index contributed by atoms with van der Waals surface area (Å²) in [6, 6.07) is 22.1. The molecule has 0 fully saturated rings. The van der Waals surface area contributed by atoms with Crippen LogP contribution in [0.2, 0.25) is 0 Å². The lowest BCUT2D eigenvalue weighted by Crippen LogP contribution is -1.90. The molecule has 1 heterocycles. The fourth-order valence-corrected chi connectivity index (χ4v) is 5.54. The Hall–Kier alpha value is -2.80. The zero-order chi connectivity index (χ0) is 20.4. The molecule has 0 atom stereocenters. The summed E-state index contributed by atoms with van der Waals surface area (Å²) in [5.41, 5.74) is 1.87. The number of ether oxygens (including phenoxy) is 2. The highest BCUT2D eigenvalue weighted by atomic mass is 32.2. The van der Waals surface area contributed by atoms with Gasteiger partial charge in [-0.2, -0.15) is 0 Å². The molecule has 0 aliphatic carbocycles. The van der Waals surface area contributed by atoms with Gasteiger partial charge in [0, 0.05) is 30.3 Å². The largest absolute Gasteiger partial charge is 0.497 e. The van der Waals surface area contributed by atoms with Crippen molar-refractivity contribution in [2.75, 3.05) is 14.2 Å². The first-order chi connectivity index (χ1) is 14.1. The van der Waals surface area contributed by atoms with Gasteiger partial charge in [-0.15, -0.1) is 11.3 Å². The molecule has 3 aromatic carbocycles. The maximum atomic E-state index is 11.6. The molecule has 0 saturated heterocycles. The molecule has 0 amide bonds. The van der Waals surface area contributed by atoms with Crippen LogP contribution in [0.1, 0.15) is 17.3 Å². The van der Waals surface area contributed by atoms with Crippen LogP contribution in [-0.2, 0) is 0 Å². The van der Waals surface area contributed by atoms with Gasteiger partial charge in [0.2, 0.25) is 0 Å². The smallest absolute Gasteiger partial charge is 0.159 e. The van der Waals surface area contributed by atoms with Crippen LogP contribution < -0.4 is 9.47 Å². The highest BCUT2D eigenvalue weighted by molar-refractivity contribution is 8.00. The van der Waals surface area contributed by atoms with Crippen LogP contribution in [0, 0.1) is 0 Å². The zero-order valence-corrected chi connectivity index (χ0v) is 18.5. The van der Waals surface area contributed by atoms with Crippen molar-refractivity contribution in [3.05, 3.63) is 72.3 Å². The fourth-order valence-electron chi connectivity index (χ4n) is 3.09. The van der Waals surface area contributed by atoms with Crippen LogP contribution in [0.5, 0.6) is 11.5 Å². The molecule has 6 heteroatoms. The molecule has 2 N–H and O–H groups in total. The Morgan fingerprint density at radius 2 is 1.50 bits per heavy atom. The van der Waals surface area contributed by atoms with Crippen LogP contribution >= 0.6 is 23.1 Å². The third-order valence-corrected chi connectivity index (χ3v) is 7.15. The van der Waals surface area contributed by atoms with Gasteiger partial charge in [0.1, 0.15) is 11.5 Å². The summed E-state index contributed by atoms with van der Waals surface area (Å²) in [7, 11) is 3.36. The van der Waals surface area contributed by atoms with E-state index in [0.717, 1.165) is 27.5 Å². The maximum absolute atomic E-state index is 11.6. The minimum Gasteiger partial charge on any atom is -0.497 e. The van der Waals surface area contributed by atoms with Crippen molar-refractivity contribution in [3.63, 3.8) is 0 Å². The first-order valence-corrected chi connectivity index (χ1v) is 10.8. The Balaban J connectivity index is 0.00000256. The van der Waals surface area contributed by atoms with Crippen LogP contribution in [0.15, 0.2) is 76.5 Å². The average Bonchev–Trinajstić information content (AvgIpc) is 3.11. The summed E-state index contributed by atoms with van der Waals surface area (Å²) in [6.45, 7) is 1.59. The lowest BCUT2D eigenvalue weighted by Gasteiger charge is -2.07. The molecular weight excluding hydrogens is 416 g/mol. The summed E-state index contributed by atoms with van der Waals surface area (Å²) in [5, 5.41) is 1.20. The third-order valence-electron chi connectivity index (χ3n) is 4.68. The molecule has 0 radical (unpaired) electrons. The highest BCUT2D eigenvalue weighted by Crippen LogP contribution is 2.47. The van der Waals surface area contributed by atoms with E-state index >= 15 is 0 Å². The molecule has 154 valence electrons. The second-order valence-electron chi connectivity index (χ2n) is 6.53. The van der Waals surface area contributed by atoms with Gasteiger partial charge in [0.15, 0.2) is 5.78 Å². The average molecular weight is 439 g/mol.